The van der Waals surface area contributed by atoms with E-state index >= 15 is 0 Å². The second-order valence-corrected chi connectivity index (χ2v) is 6.14. The van der Waals surface area contributed by atoms with Gasteiger partial charge in [0.1, 0.15) is 9.79 Å². The van der Waals surface area contributed by atoms with Crippen LogP contribution >= 0.6 is 0 Å². The molecule has 0 unspecified atom stereocenters. The zero-order valence-electron chi connectivity index (χ0n) is 7.88. The van der Waals surface area contributed by atoms with E-state index in [1.165, 1.54) is 0 Å². The summed E-state index contributed by atoms with van der Waals surface area (Å²) in [5.41, 5.74) is 0. The first-order chi connectivity index (χ1) is 7.74. The third-order valence-electron chi connectivity index (χ3n) is 1.93. The largest absolute Gasteiger partial charge is 0.300 e. The summed E-state index contributed by atoms with van der Waals surface area (Å²) in [5.74, 6) is -3.01. The standard InChI is InChI=1S/C7H4F2O6S2/c8-4-1-6-7(2-5(4)9)17(12,13)15-3-14-16(6,10)11/h1-2H,3H2. The number of hydrogen-bond acceptors (Lipinski definition) is 6. The second-order valence-electron chi connectivity index (χ2n) is 2.97. The van der Waals surface area contributed by atoms with Gasteiger partial charge in [0.15, 0.2) is 18.4 Å². The van der Waals surface area contributed by atoms with Gasteiger partial charge in [0.05, 0.1) is 0 Å². The highest BCUT2D eigenvalue weighted by atomic mass is 32.2. The van der Waals surface area contributed by atoms with Crippen molar-refractivity contribution in [1.29, 1.82) is 0 Å². The Kier molecular flexibility index (Phi) is 2.69. The van der Waals surface area contributed by atoms with Gasteiger partial charge in [-0.3, -0.25) is 0 Å². The first-order valence-electron chi connectivity index (χ1n) is 4.02. The number of benzene rings is 1. The zero-order chi connectivity index (χ0) is 12.8. The van der Waals surface area contributed by atoms with Gasteiger partial charge in [-0.05, 0) is 12.1 Å². The summed E-state index contributed by atoms with van der Waals surface area (Å²) in [4.78, 5) is -1.98. The first-order valence-corrected chi connectivity index (χ1v) is 6.83. The molecule has 0 N–H and O–H groups in total. The van der Waals surface area contributed by atoms with Crippen LogP contribution in [-0.2, 0) is 28.6 Å². The van der Waals surface area contributed by atoms with E-state index < -0.39 is 48.5 Å². The maximum Gasteiger partial charge on any atom is 0.300 e. The van der Waals surface area contributed by atoms with Crippen molar-refractivity contribution in [3.05, 3.63) is 23.8 Å². The molecule has 1 aromatic rings. The lowest BCUT2D eigenvalue weighted by atomic mass is 10.3. The van der Waals surface area contributed by atoms with Gasteiger partial charge in [-0.15, -0.1) is 0 Å². The van der Waals surface area contributed by atoms with Crippen molar-refractivity contribution in [1.82, 2.24) is 0 Å². The summed E-state index contributed by atoms with van der Waals surface area (Å²) < 4.78 is 79.6. The van der Waals surface area contributed by atoms with Gasteiger partial charge in [0.2, 0.25) is 0 Å². The molecule has 0 saturated carbocycles. The molecule has 1 heterocycles. The Morgan fingerprint density at radius 3 is 1.59 bits per heavy atom. The predicted molar refractivity (Wildman–Crippen MR) is 47.8 cm³/mol. The van der Waals surface area contributed by atoms with E-state index in [4.69, 9.17) is 0 Å². The molecule has 0 aliphatic carbocycles. The summed E-state index contributed by atoms with van der Waals surface area (Å²) in [6, 6.07) is 0.457. The van der Waals surface area contributed by atoms with Gasteiger partial charge in [-0.1, -0.05) is 0 Å². The van der Waals surface area contributed by atoms with Gasteiger partial charge in [0, 0.05) is 0 Å². The lowest BCUT2D eigenvalue weighted by Crippen LogP contribution is -2.08. The maximum absolute atomic E-state index is 12.9. The van der Waals surface area contributed by atoms with E-state index in [0.29, 0.717) is 0 Å². The Morgan fingerprint density at radius 1 is 0.882 bits per heavy atom. The van der Waals surface area contributed by atoms with E-state index in [2.05, 4.69) is 8.37 Å². The molecule has 0 aromatic heterocycles. The Morgan fingerprint density at radius 2 is 1.24 bits per heavy atom. The number of halogens is 2. The number of rotatable bonds is 0. The lowest BCUT2D eigenvalue weighted by Gasteiger charge is -2.04. The van der Waals surface area contributed by atoms with Crippen LogP contribution in [0.1, 0.15) is 0 Å². The van der Waals surface area contributed by atoms with E-state index in [1.54, 1.807) is 0 Å². The molecule has 0 fully saturated rings. The first kappa shape index (κ1) is 12.4. The van der Waals surface area contributed by atoms with Crippen molar-refractivity contribution < 1.29 is 34.0 Å². The topological polar surface area (TPSA) is 86.7 Å². The summed E-state index contributed by atoms with van der Waals surface area (Å²) in [6.45, 7) is -1.08. The molecule has 2 rings (SSSR count). The molecule has 1 aromatic carbocycles. The summed E-state index contributed by atoms with van der Waals surface area (Å²) in [7, 11) is -9.00. The van der Waals surface area contributed by atoms with Gasteiger partial charge < -0.3 is 0 Å². The van der Waals surface area contributed by atoms with Gasteiger partial charge in [-0.25, -0.2) is 17.1 Å². The van der Waals surface area contributed by atoms with Crippen molar-refractivity contribution in [2.75, 3.05) is 6.79 Å². The van der Waals surface area contributed by atoms with Crippen LogP contribution < -0.4 is 0 Å². The predicted octanol–water partition coefficient (Wildman–Crippen LogP) is 0.347. The van der Waals surface area contributed by atoms with Crippen LogP contribution in [0.3, 0.4) is 0 Å². The highest BCUT2D eigenvalue weighted by Gasteiger charge is 2.34. The fraction of sp³-hybridized carbons (Fsp3) is 0.143. The van der Waals surface area contributed by atoms with Crippen LogP contribution in [0.2, 0.25) is 0 Å². The quantitative estimate of drug-likeness (QED) is 0.639. The lowest BCUT2D eigenvalue weighted by molar-refractivity contribution is 0.136. The second kappa shape index (κ2) is 3.70. The summed E-state index contributed by atoms with van der Waals surface area (Å²) in [6.07, 6.45) is 0. The van der Waals surface area contributed by atoms with E-state index in [1.807, 2.05) is 0 Å². The molecule has 17 heavy (non-hydrogen) atoms. The Balaban J connectivity index is 2.90. The smallest absolute Gasteiger partial charge is 0.236 e. The molecule has 6 nitrogen and oxygen atoms in total. The summed E-state index contributed by atoms with van der Waals surface area (Å²) in [5, 5.41) is 0. The van der Waals surface area contributed by atoms with Crippen LogP contribution in [0, 0.1) is 11.6 Å². The molecular formula is C7H4F2O6S2. The molecule has 0 bridgehead atoms. The Labute approximate surface area is 95.0 Å². The number of hydrogen-bond donors (Lipinski definition) is 0. The average Bonchev–Trinajstić information content (AvgIpc) is 2.27. The molecule has 0 saturated heterocycles. The normalized spacial score (nSPS) is 21.5. The highest BCUT2D eigenvalue weighted by Crippen LogP contribution is 2.29. The molecule has 94 valence electrons. The van der Waals surface area contributed by atoms with Crippen LogP contribution in [0.5, 0.6) is 0 Å². The van der Waals surface area contributed by atoms with Crippen LogP contribution in [0.15, 0.2) is 21.9 Å². The van der Waals surface area contributed by atoms with Gasteiger partial charge in [0.25, 0.3) is 0 Å². The highest BCUT2D eigenvalue weighted by molar-refractivity contribution is 7.90. The van der Waals surface area contributed by atoms with Gasteiger partial charge >= 0.3 is 20.2 Å². The fourth-order valence-electron chi connectivity index (χ4n) is 1.17. The molecular weight excluding hydrogens is 282 g/mol. The Bertz CT molecular complexity index is 620. The minimum atomic E-state index is -4.50. The van der Waals surface area contributed by atoms with E-state index in [0.717, 1.165) is 0 Å². The van der Waals surface area contributed by atoms with Crippen molar-refractivity contribution in [3.63, 3.8) is 0 Å². The van der Waals surface area contributed by atoms with Crippen LogP contribution in [-0.4, -0.2) is 23.6 Å². The monoisotopic (exact) mass is 286 g/mol. The molecule has 1 aliphatic rings. The third-order valence-corrected chi connectivity index (χ3v) is 4.63. The van der Waals surface area contributed by atoms with Crippen LogP contribution in [0.4, 0.5) is 8.78 Å². The fourth-order valence-corrected chi connectivity index (χ4v) is 3.56. The van der Waals surface area contributed by atoms with Crippen molar-refractivity contribution >= 4 is 20.2 Å². The molecule has 0 radical (unpaired) electrons. The Hall–Kier alpha value is -1.10. The third kappa shape index (κ3) is 2.04. The molecule has 0 amide bonds. The minimum Gasteiger partial charge on any atom is -0.236 e. The molecule has 0 spiro atoms. The van der Waals surface area contributed by atoms with Crippen LogP contribution in [0.25, 0.3) is 0 Å². The number of fused-ring (bicyclic) bond motifs is 1. The maximum atomic E-state index is 12.9. The van der Waals surface area contributed by atoms with Gasteiger partial charge in [-0.2, -0.15) is 16.8 Å². The molecule has 10 heteroatoms. The van der Waals surface area contributed by atoms with E-state index in [-0.39, 0.29) is 12.1 Å². The zero-order valence-corrected chi connectivity index (χ0v) is 9.52. The van der Waals surface area contributed by atoms with Crippen molar-refractivity contribution in [2.24, 2.45) is 0 Å². The summed E-state index contributed by atoms with van der Waals surface area (Å²) >= 11 is 0. The molecule has 1 aliphatic heterocycles. The SMILES string of the molecule is O=S1(=O)OCOS(=O)(=O)c2cc(F)c(F)cc21. The minimum absolute atomic E-state index is 0.228. The van der Waals surface area contributed by atoms with E-state index in [9.17, 15) is 25.6 Å². The average molecular weight is 286 g/mol. The van der Waals surface area contributed by atoms with Crippen molar-refractivity contribution in [3.8, 4) is 0 Å². The van der Waals surface area contributed by atoms with Crippen molar-refractivity contribution in [2.45, 2.75) is 9.79 Å². The molecule has 0 atom stereocenters.